The molecule has 0 aliphatic rings. The molecule has 1 amide bonds. The Morgan fingerprint density at radius 1 is 0.708 bits per heavy atom. The van der Waals surface area contributed by atoms with Crippen LogP contribution in [-0.4, -0.2) is 25.7 Å². The molecule has 3 aromatic rings. The number of carbonyl (C=O) groups is 1. The average Bonchev–Trinajstić information content (AvgIpc) is 2.65. The minimum atomic E-state index is -1.98. The maximum atomic E-state index is 9.47. The second-order valence-corrected chi connectivity index (χ2v) is 12.2. The van der Waals surface area contributed by atoms with Crippen molar-refractivity contribution in [1.29, 1.82) is 0 Å². The zero-order valence-corrected chi connectivity index (χ0v) is 16.3. The predicted molar refractivity (Wildman–Crippen MR) is 103 cm³/mol. The van der Waals surface area contributed by atoms with Crippen molar-refractivity contribution in [2.24, 2.45) is 5.73 Å². The van der Waals surface area contributed by atoms with Gasteiger partial charge < -0.3 is 5.73 Å². The van der Waals surface area contributed by atoms with Gasteiger partial charge in [-0.3, -0.25) is 4.79 Å². The third kappa shape index (κ3) is 5.39. The molecule has 0 fully saturated rings. The predicted octanol–water partition coefficient (Wildman–Crippen LogP) is 1.86. The number of primary amides is 1. The number of amides is 1. The Labute approximate surface area is 150 Å². The van der Waals surface area contributed by atoms with E-state index in [0.717, 1.165) is 6.08 Å². The van der Waals surface area contributed by atoms with E-state index in [4.69, 9.17) is 0 Å². The molecule has 0 bridgehead atoms. The molecule has 119 valence electrons. The average molecular weight is 421 g/mol. The number of hydrogen-bond acceptors (Lipinski definition) is 1. The third-order valence-electron chi connectivity index (χ3n) is 3.39. The Balaban J connectivity index is 0.000000368. The van der Waals surface area contributed by atoms with Crippen molar-refractivity contribution in [3.05, 3.63) is 104 Å². The zero-order chi connectivity index (χ0) is 17.2. The molecule has 1 radical (unpaired) electrons. The number of nitrogens with two attached hydrogens (primary N) is 1. The van der Waals surface area contributed by atoms with Crippen LogP contribution < -0.4 is 16.5 Å². The standard InChI is InChI=1S/3C6H5.C3H5NO.Sn/c3*1-2-4-6-5-3-1;1-2-3(4)5;/h3*1-5H;2H,1H2,(H2,4,5);. The quantitative estimate of drug-likeness (QED) is 0.508. The molecule has 0 aliphatic heterocycles. The first-order valence-corrected chi connectivity index (χ1v) is 12.0. The molecule has 3 aromatic carbocycles. The van der Waals surface area contributed by atoms with Gasteiger partial charge in [-0.2, -0.15) is 0 Å². The minimum absolute atomic E-state index is 0.481. The van der Waals surface area contributed by atoms with Crippen LogP contribution in [0, 0.1) is 0 Å². The van der Waals surface area contributed by atoms with Gasteiger partial charge in [0.25, 0.3) is 0 Å². The van der Waals surface area contributed by atoms with Crippen molar-refractivity contribution in [3.8, 4) is 0 Å². The van der Waals surface area contributed by atoms with Gasteiger partial charge in [-0.15, -0.1) is 0 Å². The molecule has 0 aromatic heterocycles. The number of hydrogen-bond donors (Lipinski definition) is 1. The molecular formula is C21H20NOSn. The Morgan fingerprint density at radius 3 is 1.17 bits per heavy atom. The summed E-state index contributed by atoms with van der Waals surface area (Å²) in [5.41, 5.74) is 4.53. The van der Waals surface area contributed by atoms with E-state index >= 15 is 0 Å². The van der Waals surface area contributed by atoms with Crippen LogP contribution in [0.3, 0.4) is 0 Å². The fraction of sp³-hybridized carbons (Fsp3) is 0. The summed E-state index contributed by atoms with van der Waals surface area (Å²) in [6.07, 6.45) is 1.06. The van der Waals surface area contributed by atoms with Gasteiger partial charge in [0.15, 0.2) is 0 Å². The first-order chi connectivity index (χ1) is 11.7. The number of carbonyl (C=O) groups excluding carboxylic acids is 1. The Kier molecular flexibility index (Phi) is 7.30. The van der Waals surface area contributed by atoms with E-state index in [1.54, 1.807) is 0 Å². The summed E-state index contributed by atoms with van der Waals surface area (Å²) >= 11 is -1.98. The van der Waals surface area contributed by atoms with Gasteiger partial charge in [0, 0.05) is 0 Å². The first kappa shape index (κ1) is 18.0. The van der Waals surface area contributed by atoms with E-state index < -0.39 is 25.7 Å². The molecule has 24 heavy (non-hydrogen) atoms. The Hall–Kier alpha value is -2.33. The maximum absolute atomic E-state index is 9.47. The molecule has 0 heterocycles. The molecule has 2 nitrogen and oxygen atoms in total. The Morgan fingerprint density at radius 2 is 0.958 bits per heavy atom. The van der Waals surface area contributed by atoms with Crippen LogP contribution in [0.2, 0.25) is 0 Å². The summed E-state index contributed by atoms with van der Waals surface area (Å²) < 4.78 is 4.59. The summed E-state index contributed by atoms with van der Waals surface area (Å²) in [6.45, 7) is 3.09. The van der Waals surface area contributed by atoms with Crippen molar-refractivity contribution >= 4 is 36.4 Å². The van der Waals surface area contributed by atoms with Crippen molar-refractivity contribution in [2.45, 2.75) is 0 Å². The van der Waals surface area contributed by atoms with Crippen LogP contribution in [0.4, 0.5) is 0 Å². The van der Waals surface area contributed by atoms with Crippen molar-refractivity contribution in [3.63, 3.8) is 0 Å². The van der Waals surface area contributed by atoms with Crippen molar-refractivity contribution in [1.82, 2.24) is 0 Å². The van der Waals surface area contributed by atoms with Crippen LogP contribution in [-0.2, 0) is 4.79 Å². The molecule has 3 rings (SSSR count). The van der Waals surface area contributed by atoms with Gasteiger partial charge in [-0.05, 0) is 6.08 Å². The fourth-order valence-corrected chi connectivity index (χ4v) is 9.67. The normalized spacial score (nSPS) is 9.71. The van der Waals surface area contributed by atoms with Gasteiger partial charge in [-0.1, -0.05) is 6.58 Å². The van der Waals surface area contributed by atoms with Crippen molar-refractivity contribution in [2.75, 3.05) is 0 Å². The van der Waals surface area contributed by atoms with E-state index in [0.29, 0.717) is 0 Å². The molecule has 0 unspecified atom stereocenters. The number of rotatable bonds is 4. The molecule has 0 atom stereocenters. The second-order valence-electron chi connectivity index (χ2n) is 5.08. The molecule has 0 saturated carbocycles. The van der Waals surface area contributed by atoms with E-state index in [1.807, 2.05) is 0 Å². The molecule has 3 heteroatoms. The molecule has 2 N–H and O–H groups in total. The van der Waals surface area contributed by atoms with Gasteiger partial charge in [-0.25, -0.2) is 0 Å². The van der Waals surface area contributed by atoms with Gasteiger partial charge in [0.1, 0.15) is 0 Å². The summed E-state index contributed by atoms with van der Waals surface area (Å²) in [4.78, 5) is 9.47. The van der Waals surface area contributed by atoms with Gasteiger partial charge in [0.05, 0.1) is 0 Å². The van der Waals surface area contributed by atoms with Crippen molar-refractivity contribution < 1.29 is 4.79 Å². The third-order valence-corrected chi connectivity index (χ3v) is 11.2. The van der Waals surface area contributed by atoms with Gasteiger partial charge >= 0.3 is 121 Å². The monoisotopic (exact) mass is 422 g/mol. The summed E-state index contributed by atoms with van der Waals surface area (Å²) in [5, 5.41) is 0. The summed E-state index contributed by atoms with van der Waals surface area (Å²) in [7, 11) is 0. The molecular weight excluding hydrogens is 401 g/mol. The van der Waals surface area contributed by atoms with E-state index in [9.17, 15) is 4.79 Å². The molecule has 0 saturated heterocycles. The fourth-order valence-electron chi connectivity index (χ4n) is 2.31. The van der Waals surface area contributed by atoms with Crippen LogP contribution in [0.5, 0.6) is 0 Å². The number of benzene rings is 3. The van der Waals surface area contributed by atoms with E-state index in [-0.39, 0.29) is 0 Å². The Bertz CT molecular complexity index is 664. The second kappa shape index (κ2) is 9.73. The molecule has 0 aliphatic carbocycles. The van der Waals surface area contributed by atoms with E-state index in [1.165, 1.54) is 10.7 Å². The SMILES string of the molecule is C=CC(N)=O.c1cc[c]([Sn]([c]2ccccc2)[c]2ccccc2)cc1. The first-order valence-electron chi connectivity index (χ1n) is 7.67. The molecule has 0 spiro atoms. The summed E-state index contributed by atoms with van der Waals surface area (Å²) in [5.74, 6) is -0.481. The zero-order valence-electron chi connectivity index (χ0n) is 13.4. The van der Waals surface area contributed by atoms with Crippen LogP contribution >= 0.6 is 0 Å². The van der Waals surface area contributed by atoms with Gasteiger partial charge in [0.2, 0.25) is 5.91 Å². The van der Waals surface area contributed by atoms with Crippen LogP contribution in [0.15, 0.2) is 104 Å². The topological polar surface area (TPSA) is 43.1 Å². The van der Waals surface area contributed by atoms with E-state index in [2.05, 4.69) is 103 Å². The summed E-state index contributed by atoms with van der Waals surface area (Å²) in [6, 6.07) is 32.9. The van der Waals surface area contributed by atoms with Crippen LogP contribution in [0.1, 0.15) is 0 Å². The van der Waals surface area contributed by atoms with Crippen LogP contribution in [0.25, 0.3) is 0 Å².